The van der Waals surface area contributed by atoms with Crippen molar-refractivity contribution in [2.75, 3.05) is 6.61 Å². The number of alkyl halides is 1. The molecule has 0 saturated heterocycles. The van der Waals surface area contributed by atoms with Crippen LogP contribution in [0.5, 0.6) is 0 Å². The van der Waals surface area contributed by atoms with E-state index in [-0.39, 0.29) is 10.8 Å². The van der Waals surface area contributed by atoms with Crippen LogP contribution in [0.2, 0.25) is 0 Å². The number of hydrogen-bond donors (Lipinski definition) is 0. The summed E-state index contributed by atoms with van der Waals surface area (Å²) in [6.07, 6.45) is 0. The molecule has 0 spiro atoms. The Morgan fingerprint density at radius 3 is 2.33 bits per heavy atom. The first kappa shape index (κ1) is 12.2. The molecule has 1 atom stereocenters. The van der Waals surface area contributed by atoms with Gasteiger partial charge in [-0.2, -0.15) is 0 Å². The molecule has 1 rings (SSSR count). The molecular formula is C12H15BrO2. The van der Waals surface area contributed by atoms with Gasteiger partial charge in [-0.3, -0.25) is 0 Å². The molecule has 0 N–H and O–H groups in total. The van der Waals surface area contributed by atoms with Crippen molar-refractivity contribution in [2.24, 2.45) is 0 Å². The normalized spacial score (nSPS) is 12.3. The lowest BCUT2D eigenvalue weighted by Crippen LogP contribution is -2.11. The van der Waals surface area contributed by atoms with E-state index in [0.717, 1.165) is 11.1 Å². The Kier molecular flexibility index (Phi) is 4.33. The first-order valence-corrected chi connectivity index (χ1v) is 5.80. The fourth-order valence-electron chi connectivity index (χ4n) is 1.37. The highest BCUT2D eigenvalue weighted by Crippen LogP contribution is 2.10. The van der Waals surface area contributed by atoms with E-state index in [4.69, 9.17) is 4.74 Å². The number of hydrogen-bond acceptors (Lipinski definition) is 2. The van der Waals surface area contributed by atoms with Crippen molar-refractivity contribution in [3.63, 3.8) is 0 Å². The molecule has 82 valence electrons. The third-order valence-electron chi connectivity index (χ3n) is 1.90. The number of carbonyl (C=O) groups excluding carboxylic acids is 1. The maximum Gasteiger partial charge on any atom is 0.338 e. The van der Waals surface area contributed by atoms with Gasteiger partial charge in [0.15, 0.2) is 0 Å². The van der Waals surface area contributed by atoms with Crippen LogP contribution in [0.1, 0.15) is 28.4 Å². The van der Waals surface area contributed by atoms with Crippen LogP contribution in [-0.4, -0.2) is 17.4 Å². The summed E-state index contributed by atoms with van der Waals surface area (Å²) in [5.74, 6) is -0.256. The summed E-state index contributed by atoms with van der Waals surface area (Å²) < 4.78 is 5.11. The Morgan fingerprint density at radius 1 is 1.33 bits per heavy atom. The van der Waals surface area contributed by atoms with E-state index in [1.54, 1.807) is 0 Å². The van der Waals surface area contributed by atoms with Gasteiger partial charge in [0, 0.05) is 4.83 Å². The SMILES string of the molecule is Cc1cc(C)cc(C(=O)OCC(C)Br)c1. The van der Waals surface area contributed by atoms with Gasteiger partial charge in [-0.1, -0.05) is 33.1 Å². The van der Waals surface area contributed by atoms with Crippen LogP contribution in [0.15, 0.2) is 18.2 Å². The van der Waals surface area contributed by atoms with E-state index >= 15 is 0 Å². The van der Waals surface area contributed by atoms with Crippen molar-refractivity contribution < 1.29 is 9.53 Å². The molecule has 0 heterocycles. The van der Waals surface area contributed by atoms with Crippen LogP contribution in [0.4, 0.5) is 0 Å². The maximum absolute atomic E-state index is 11.6. The highest BCUT2D eigenvalue weighted by Gasteiger charge is 2.09. The van der Waals surface area contributed by atoms with Crippen molar-refractivity contribution in [3.05, 3.63) is 34.9 Å². The minimum atomic E-state index is -0.256. The average molecular weight is 271 g/mol. The minimum Gasteiger partial charge on any atom is -0.461 e. The Labute approximate surface area is 98.8 Å². The molecule has 0 aliphatic heterocycles. The number of rotatable bonds is 3. The second kappa shape index (κ2) is 5.31. The van der Waals surface area contributed by atoms with Crippen LogP contribution in [0.3, 0.4) is 0 Å². The first-order chi connectivity index (χ1) is 6.99. The quantitative estimate of drug-likeness (QED) is 0.623. The van der Waals surface area contributed by atoms with E-state index in [1.807, 2.05) is 39.0 Å². The van der Waals surface area contributed by atoms with Crippen molar-refractivity contribution in [3.8, 4) is 0 Å². The third-order valence-corrected chi connectivity index (χ3v) is 2.17. The molecule has 0 aliphatic carbocycles. The summed E-state index contributed by atoms with van der Waals surface area (Å²) in [7, 11) is 0. The summed E-state index contributed by atoms with van der Waals surface area (Å²) in [5.41, 5.74) is 2.78. The Hall–Kier alpha value is -0.830. The lowest BCUT2D eigenvalue weighted by Gasteiger charge is -2.07. The van der Waals surface area contributed by atoms with Crippen LogP contribution in [-0.2, 0) is 4.74 Å². The molecule has 0 fully saturated rings. The van der Waals surface area contributed by atoms with Gasteiger partial charge >= 0.3 is 5.97 Å². The molecule has 0 bridgehead atoms. The van der Waals surface area contributed by atoms with Crippen LogP contribution >= 0.6 is 15.9 Å². The highest BCUT2D eigenvalue weighted by molar-refractivity contribution is 9.09. The fourth-order valence-corrected chi connectivity index (χ4v) is 1.50. The van der Waals surface area contributed by atoms with Gasteiger partial charge in [0.2, 0.25) is 0 Å². The lowest BCUT2D eigenvalue weighted by atomic mass is 10.1. The summed E-state index contributed by atoms with van der Waals surface area (Å²) >= 11 is 3.33. The maximum atomic E-state index is 11.6. The van der Waals surface area contributed by atoms with Crippen LogP contribution in [0.25, 0.3) is 0 Å². The largest absolute Gasteiger partial charge is 0.461 e. The molecule has 0 radical (unpaired) electrons. The number of carbonyl (C=O) groups is 1. The fraction of sp³-hybridized carbons (Fsp3) is 0.417. The predicted octanol–water partition coefficient (Wildman–Crippen LogP) is 3.24. The molecule has 1 aromatic rings. The second-order valence-electron chi connectivity index (χ2n) is 3.76. The standard InChI is InChI=1S/C12H15BrO2/c1-8-4-9(2)6-11(5-8)12(14)15-7-10(3)13/h4-6,10H,7H2,1-3H3. The number of benzene rings is 1. The van der Waals surface area contributed by atoms with Crippen LogP contribution in [0, 0.1) is 13.8 Å². The van der Waals surface area contributed by atoms with Gasteiger partial charge < -0.3 is 4.74 Å². The molecule has 1 aromatic carbocycles. The number of esters is 1. The summed E-state index contributed by atoms with van der Waals surface area (Å²) in [5, 5.41) is 0. The van der Waals surface area contributed by atoms with Gasteiger partial charge in [0.1, 0.15) is 6.61 Å². The smallest absolute Gasteiger partial charge is 0.338 e. The average Bonchev–Trinajstić information content (AvgIpc) is 2.12. The third kappa shape index (κ3) is 4.04. The van der Waals surface area contributed by atoms with E-state index < -0.39 is 0 Å². The minimum absolute atomic E-state index is 0.187. The summed E-state index contributed by atoms with van der Waals surface area (Å²) in [6.45, 7) is 6.27. The number of halogens is 1. The first-order valence-electron chi connectivity index (χ1n) is 4.88. The molecule has 0 aromatic heterocycles. The van der Waals surface area contributed by atoms with Gasteiger partial charge in [-0.25, -0.2) is 4.79 Å². The zero-order valence-corrected chi connectivity index (χ0v) is 10.8. The topological polar surface area (TPSA) is 26.3 Å². The van der Waals surface area contributed by atoms with Crippen molar-refractivity contribution >= 4 is 21.9 Å². The molecule has 1 unspecified atom stereocenters. The summed E-state index contributed by atoms with van der Waals surface area (Å²) in [6, 6.07) is 5.71. The summed E-state index contributed by atoms with van der Waals surface area (Å²) in [4.78, 5) is 11.8. The molecule has 0 amide bonds. The molecular weight excluding hydrogens is 256 g/mol. The van der Waals surface area contributed by atoms with Crippen molar-refractivity contribution in [1.82, 2.24) is 0 Å². The zero-order valence-electron chi connectivity index (χ0n) is 9.21. The van der Waals surface area contributed by atoms with Gasteiger partial charge in [0.25, 0.3) is 0 Å². The number of ether oxygens (including phenoxy) is 1. The van der Waals surface area contributed by atoms with Crippen molar-refractivity contribution in [1.29, 1.82) is 0 Å². The van der Waals surface area contributed by atoms with E-state index in [9.17, 15) is 4.79 Å². The van der Waals surface area contributed by atoms with Crippen LogP contribution < -0.4 is 0 Å². The second-order valence-corrected chi connectivity index (χ2v) is 5.32. The van der Waals surface area contributed by atoms with Gasteiger partial charge in [0.05, 0.1) is 5.56 Å². The lowest BCUT2D eigenvalue weighted by molar-refractivity contribution is 0.0511. The Bertz CT molecular complexity index is 338. The van der Waals surface area contributed by atoms with Crippen molar-refractivity contribution in [2.45, 2.75) is 25.6 Å². The zero-order chi connectivity index (χ0) is 11.4. The Balaban J connectivity index is 2.73. The Morgan fingerprint density at radius 2 is 1.87 bits per heavy atom. The predicted molar refractivity (Wildman–Crippen MR) is 64.6 cm³/mol. The molecule has 2 nitrogen and oxygen atoms in total. The van der Waals surface area contributed by atoms with E-state index in [0.29, 0.717) is 12.2 Å². The molecule has 3 heteroatoms. The molecule has 0 aliphatic rings. The van der Waals surface area contributed by atoms with E-state index in [1.165, 1.54) is 0 Å². The highest BCUT2D eigenvalue weighted by atomic mass is 79.9. The van der Waals surface area contributed by atoms with Gasteiger partial charge in [-0.05, 0) is 32.9 Å². The van der Waals surface area contributed by atoms with E-state index in [2.05, 4.69) is 15.9 Å². The monoisotopic (exact) mass is 270 g/mol. The number of aryl methyl sites for hydroxylation is 2. The molecule has 15 heavy (non-hydrogen) atoms. The van der Waals surface area contributed by atoms with Gasteiger partial charge in [-0.15, -0.1) is 0 Å². The molecule has 0 saturated carbocycles.